The number of rotatable bonds is 8. The fraction of sp³-hybridized carbons (Fsp3) is 0.500. The molecule has 3 rings (SSSR count). The van der Waals surface area contributed by atoms with Gasteiger partial charge in [0.05, 0.1) is 6.04 Å². The lowest BCUT2D eigenvalue weighted by Gasteiger charge is -2.37. The summed E-state index contributed by atoms with van der Waals surface area (Å²) in [6, 6.07) is 9.67. The first-order valence-electron chi connectivity index (χ1n) is 11.0. The summed E-state index contributed by atoms with van der Waals surface area (Å²) in [5, 5.41) is 4.91. The van der Waals surface area contributed by atoms with Gasteiger partial charge in [0.2, 0.25) is 5.91 Å². The standard InChI is InChI=1S/C24H33N3O3S/c1-5-25-24(29)26(14-17(2)3)15-23(28)27-12-10-22-19(11-13-31-22)20(27)16-30-21-9-7-6-8-18(21)4/h6-9,11,13,17,20H,5,10,12,14-16H2,1-4H3,(H,25,29). The van der Waals surface area contributed by atoms with Crippen molar-refractivity contribution in [3.05, 3.63) is 51.7 Å². The van der Waals surface area contributed by atoms with Crippen molar-refractivity contribution in [3.8, 4) is 5.75 Å². The number of thiophene rings is 1. The molecular weight excluding hydrogens is 410 g/mol. The molecule has 2 aromatic rings. The molecule has 31 heavy (non-hydrogen) atoms. The van der Waals surface area contributed by atoms with Crippen LogP contribution in [0.15, 0.2) is 35.7 Å². The van der Waals surface area contributed by atoms with Crippen LogP contribution in [0, 0.1) is 12.8 Å². The normalized spacial score (nSPS) is 15.5. The molecule has 1 aromatic carbocycles. The Kier molecular flexibility index (Phi) is 7.96. The van der Waals surface area contributed by atoms with Crippen molar-refractivity contribution in [2.24, 2.45) is 5.92 Å². The van der Waals surface area contributed by atoms with Crippen LogP contribution in [-0.4, -0.2) is 54.5 Å². The van der Waals surface area contributed by atoms with Gasteiger partial charge in [-0.25, -0.2) is 4.79 Å². The van der Waals surface area contributed by atoms with Crippen LogP contribution in [-0.2, 0) is 11.2 Å². The van der Waals surface area contributed by atoms with Crippen molar-refractivity contribution in [3.63, 3.8) is 0 Å². The molecular formula is C24H33N3O3S. The number of fused-ring (bicyclic) bond motifs is 1. The Balaban J connectivity index is 1.77. The van der Waals surface area contributed by atoms with Gasteiger partial charge in [-0.1, -0.05) is 32.0 Å². The van der Waals surface area contributed by atoms with E-state index in [1.807, 2.05) is 56.9 Å². The molecule has 1 atom stereocenters. The Labute approximate surface area is 189 Å². The zero-order valence-corrected chi connectivity index (χ0v) is 19.7. The Morgan fingerprint density at radius 1 is 1.29 bits per heavy atom. The lowest BCUT2D eigenvalue weighted by atomic mass is 10.00. The Morgan fingerprint density at radius 3 is 2.77 bits per heavy atom. The van der Waals surface area contributed by atoms with E-state index in [0.717, 1.165) is 23.3 Å². The van der Waals surface area contributed by atoms with Gasteiger partial charge >= 0.3 is 6.03 Å². The molecule has 0 aliphatic carbocycles. The number of amides is 3. The van der Waals surface area contributed by atoms with E-state index in [-0.39, 0.29) is 30.4 Å². The van der Waals surface area contributed by atoms with E-state index in [1.165, 1.54) is 4.88 Å². The van der Waals surface area contributed by atoms with Crippen molar-refractivity contribution in [2.75, 3.05) is 32.8 Å². The third kappa shape index (κ3) is 5.79. The maximum Gasteiger partial charge on any atom is 0.317 e. The van der Waals surface area contributed by atoms with Crippen LogP contribution in [0.3, 0.4) is 0 Å². The maximum atomic E-state index is 13.4. The van der Waals surface area contributed by atoms with Gasteiger partial charge in [-0.3, -0.25) is 4.79 Å². The number of ether oxygens (including phenoxy) is 1. The minimum atomic E-state index is -0.189. The molecule has 1 N–H and O–H groups in total. The molecule has 3 amide bonds. The van der Waals surface area contributed by atoms with E-state index < -0.39 is 0 Å². The predicted molar refractivity (Wildman–Crippen MR) is 125 cm³/mol. The zero-order chi connectivity index (χ0) is 22.4. The number of aryl methyl sites for hydroxylation is 1. The number of nitrogens with one attached hydrogen (secondary N) is 1. The van der Waals surface area contributed by atoms with Gasteiger partial charge in [0, 0.05) is 24.5 Å². The summed E-state index contributed by atoms with van der Waals surface area (Å²) in [5.74, 6) is 1.07. The summed E-state index contributed by atoms with van der Waals surface area (Å²) in [7, 11) is 0. The molecule has 168 valence electrons. The van der Waals surface area contributed by atoms with Crippen molar-refractivity contribution < 1.29 is 14.3 Å². The van der Waals surface area contributed by atoms with Gasteiger partial charge in [-0.15, -0.1) is 11.3 Å². The first-order valence-corrected chi connectivity index (χ1v) is 11.9. The first kappa shape index (κ1) is 23.1. The topological polar surface area (TPSA) is 61.9 Å². The number of benzene rings is 1. The highest BCUT2D eigenvalue weighted by atomic mass is 32.1. The third-order valence-electron chi connectivity index (χ3n) is 5.43. The highest BCUT2D eigenvalue weighted by molar-refractivity contribution is 7.10. The number of carbonyl (C=O) groups excluding carboxylic acids is 2. The quantitative estimate of drug-likeness (QED) is 0.664. The minimum Gasteiger partial charge on any atom is -0.491 e. The summed E-state index contributed by atoms with van der Waals surface area (Å²) >= 11 is 1.73. The maximum absolute atomic E-state index is 13.4. The predicted octanol–water partition coefficient (Wildman–Crippen LogP) is 4.25. The van der Waals surface area contributed by atoms with Gasteiger partial charge in [-0.05, 0) is 54.8 Å². The van der Waals surface area contributed by atoms with Gasteiger partial charge in [0.15, 0.2) is 0 Å². The van der Waals surface area contributed by atoms with Gasteiger partial charge in [0.1, 0.15) is 18.9 Å². The molecule has 0 saturated carbocycles. The van der Waals surface area contributed by atoms with E-state index in [0.29, 0.717) is 26.2 Å². The van der Waals surface area contributed by atoms with Crippen LogP contribution in [0.25, 0.3) is 0 Å². The molecule has 0 radical (unpaired) electrons. The highest BCUT2D eigenvalue weighted by Crippen LogP contribution is 2.34. The lowest BCUT2D eigenvalue weighted by molar-refractivity contribution is -0.135. The summed E-state index contributed by atoms with van der Waals surface area (Å²) in [6.07, 6.45) is 0.838. The first-order chi connectivity index (χ1) is 14.9. The Bertz CT molecular complexity index is 896. The largest absolute Gasteiger partial charge is 0.491 e. The monoisotopic (exact) mass is 443 g/mol. The molecule has 0 bridgehead atoms. The van der Waals surface area contributed by atoms with Gasteiger partial charge in [0.25, 0.3) is 0 Å². The summed E-state index contributed by atoms with van der Waals surface area (Å²) in [6.45, 7) is 10.2. The molecule has 0 spiro atoms. The third-order valence-corrected chi connectivity index (χ3v) is 6.43. The molecule has 1 aliphatic rings. The fourth-order valence-electron chi connectivity index (χ4n) is 3.94. The van der Waals surface area contributed by atoms with Crippen LogP contribution in [0.2, 0.25) is 0 Å². The van der Waals surface area contributed by atoms with E-state index in [4.69, 9.17) is 4.74 Å². The minimum absolute atomic E-state index is 0.0397. The number of urea groups is 1. The van der Waals surface area contributed by atoms with Crippen LogP contribution < -0.4 is 10.1 Å². The summed E-state index contributed by atoms with van der Waals surface area (Å²) in [4.78, 5) is 30.7. The second-order valence-corrected chi connectivity index (χ2v) is 9.34. The van der Waals surface area contributed by atoms with Crippen molar-refractivity contribution >= 4 is 23.3 Å². The molecule has 0 saturated heterocycles. The van der Waals surface area contributed by atoms with E-state index in [9.17, 15) is 9.59 Å². The summed E-state index contributed by atoms with van der Waals surface area (Å²) < 4.78 is 6.16. The Morgan fingerprint density at radius 2 is 2.06 bits per heavy atom. The molecule has 6 nitrogen and oxygen atoms in total. The second-order valence-electron chi connectivity index (χ2n) is 8.34. The number of para-hydroxylation sites is 1. The SMILES string of the molecule is CCNC(=O)N(CC(=O)N1CCc2sccc2C1COc1ccccc1C)CC(C)C. The molecule has 1 aliphatic heterocycles. The molecule has 1 aromatic heterocycles. The molecule has 2 heterocycles. The smallest absolute Gasteiger partial charge is 0.317 e. The zero-order valence-electron chi connectivity index (χ0n) is 18.9. The van der Waals surface area contributed by atoms with Crippen molar-refractivity contribution in [1.82, 2.24) is 15.1 Å². The van der Waals surface area contributed by atoms with Gasteiger partial charge < -0.3 is 19.9 Å². The second kappa shape index (κ2) is 10.7. The summed E-state index contributed by atoms with van der Waals surface area (Å²) in [5.41, 5.74) is 2.23. The average molecular weight is 444 g/mol. The Hall–Kier alpha value is -2.54. The van der Waals surface area contributed by atoms with Crippen molar-refractivity contribution in [2.45, 2.75) is 40.2 Å². The number of hydrogen-bond acceptors (Lipinski definition) is 4. The van der Waals surface area contributed by atoms with E-state index >= 15 is 0 Å². The fourth-order valence-corrected chi connectivity index (χ4v) is 4.87. The number of hydrogen-bond donors (Lipinski definition) is 1. The number of nitrogens with zero attached hydrogens (tertiary/aromatic N) is 2. The molecule has 1 unspecified atom stereocenters. The van der Waals surface area contributed by atoms with Gasteiger partial charge in [-0.2, -0.15) is 0 Å². The lowest BCUT2D eigenvalue weighted by Crippen LogP contribution is -2.50. The van der Waals surface area contributed by atoms with Crippen LogP contribution in [0.4, 0.5) is 4.79 Å². The van der Waals surface area contributed by atoms with Crippen LogP contribution in [0.5, 0.6) is 5.75 Å². The van der Waals surface area contributed by atoms with E-state index in [1.54, 1.807) is 16.2 Å². The number of carbonyl (C=O) groups is 2. The van der Waals surface area contributed by atoms with E-state index in [2.05, 4.69) is 16.8 Å². The molecule has 0 fully saturated rings. The highest BCUT2D eigenvalue weighted by Gasteiger charge is 2.33. The van der Waals surface area contributed by atoms with Crippen LogP contribution >= 0.6 is 11.3 Å². The van der Waals surface area contributed by atoms with Crippen LogP contribution in [0.1, 0.15) is 42.8 Å². The molecule has 7 heteroatoms. The van der Waals surface area contributed by atoms with Crippen molar-refractivity contribution in [1.29, 1.82) is 0 Å². The average Bonchev–Trinajstić information content (AvgIpc) is 3.21.